The van der Waals surface area contributed by atoms with Crippen molar-refractivity contribution in [2.45, 2.75) is 19.5 Å². The van der Waals surface area contributed by atoms with Gasteiger partial charge in [-0.05, 0) is 29.3 Å². The second-order valence-electron chi connectivity index (χ2n) is 7.31. The number of aromatic nitrogens is 2. The Labute approximate surface area is 164 Å². The van der Waals surface area contributed by atoms with E-state index in [9.17, 15) is 0 Å². The number of hydrogen-bond acceptors (Lipinski definition) is 3. The predicted molar refractivity (Wildman–Crippen MR) is 114 cm³/mol. The fraction of sp³-hybridized carbons (Fsp3) is 0.167. The Hall–Kier alpha value is -3.24. The van der Waals surface area contributed by atoms with Crippen molar-refractivity contribution in [3.63, 3.8) is 0 Å². The van der Waals surface area contributed by atoms with Crippen LogP contribution in [0.25, 0.3) is 11.0 Å². The Morgan fingerprint density at radius 2 is 1.57 bits per heavy atom. The number of nitrogens with zero attached hydrogens (tertiary/aromatic N) is 3. The fourth-order valence-corrected chi connectivity index (χ4v) is 3.85. The minimum absolute atomic E-state index is 0.763. The van der Waals surface area contributed by atoms with Gasteiger partial charge in [0, 0.05) is 25.2 Å². The van der Waals surface area contributed by atoms with E-state index in [1.165, 1.54) is 16.8 Å². The second-order valence-corrected chi connectivity index (χ2v) is 7.31. The molecule has 4 aromatic rings. The number of benzene rings is 3. The van der Waals surface area contributed by atoms with E-state index in [0.717, 1.165) is 48.6 Å². The van der Waals surface area contributed by atoms with Crippen molar-refractivity contribution in [1.29, 1.82) is 0 Å². The summed E-state index contributed by atoms with van der Waals surface area (Å²) in [4.78, 5) is 15.5. The van der Waals surface area contributed by atoms with Gasteiger partial charge in [-0.25, -0.2) is 4.98 Å². The molecule has 0 spiro atoms. The predicted octanol–water partition coefficient (Wildman–Crippen LogP) is 4.89. The number of hydrogen-bond donors (Lipinski definition) is 1. The van der Waals surface area contributed by atoms with Gasteiger partial charge in [0.2, 0.25) is 0 Å². The van der Waals surface area contributed by atoms with E-state index in [1.807, 2.05) is 12.1 Å². The molecule has 1 aromatic heterocycles. The minimum Gasteiger partial charge on any atom is -0.341 e. The monoisotopic (exact) mass is 366 g/mol. The fourth-order valence-electron chi connectivity index (χ4n) is 3.85. The smallest absolute Gasteiger partial charge is 0.121 e. The van der Waals surface area contributed by atoms with E-state index >= 15 is 0 Å². The van der Waals surface area contributed by atoms with Crippen LogP contribution in [0, 0.1) is 0 Å². The summed E-state index contributed by atoms with van der Waals surface area (Å²) in [7, 11) is 0. The van der Waals surface area contributed by atoms with Gasteiger partial charge in [0.25, 0.3) is 0 Å². The molecule has 4 heteroatoms. The topological polar surface area (TPSA) is 44.3 Å². The average Bonchev–Trinajstić information content (AvgIpc) is 3.31. The highest BCUT2D eigenvalue weighted by Crippen LogP contribution is 2.26. The normalized spacial score (nSPS) is 13.1. The number of para-hydroxylation sites is 3. The largest absolute Gasteiger partial charge is 0.341 e. The third kappa shape index (κ3) is 3.59. The van der Waals surface area contributed by atoms with Crippen molar-refractivity contribution in [2.24, 2.45) is 4.99 Å². The maximum absolute atomic E-state index is 4.86. The number of imidazole rings is 1. The number of rotatable bonds is 6. The summed E-state index contributed by atoms with van der Waals surface area (Å²) in [5.41, 5.74) is 7.05. The molecule has 0 aliphatic carbocycles. The first kappa shape index (κ1) is 16.9. The number of aromatic amines is 1. The summed E-state index contributed by atoms with van der Waals surface area (Å²) in [5.74, 6) is 0.994. The zero-order valence-electron chi connectivity index (χ0n) is 15.7. The molecule has 0 amide bonds. The maximum Gasteiger partial charge on any atom is 0.121 e. The van der Waals surface area contributed by atoms with Gasteiger partial charge < -0.3 is 4.98 Å². The molecule has 5 rings (SSSR count). The molecule has 1 aliphatic heterocycles. The number of aliphatic imine (C=N–C) groups is 1. The summed E-state index contributed by atoms with van der Waals surface area (Å²) in [5, 5.41) is 0. The van der Waals surface area contributed by atoms with Crippen LogP contribution in [-0.2, 0) is 19.5 Å². The zero-order valence-corrected chi connectivity index (χ0v) is 15.7. The minimum atomic E-state index is 0.763. The highest BCUT2D eigenvalue weighted by molar-refractivity contribution is 5.95. The summed E-state index contributed by atoms with van der Waals surface area (Å²) < 4.78 is 0. The summed E-state index contributed by atoms with van der Waals surface area (Å²) in [6.07, 6.45) is 0.932. The van der Waals surface area contributed by atoms with E-state index in [1.54, 1.807) is 0 Å². The van der Waals surface area contributed by atoms with Crippen LogP contribution in [0.1, 0.15) is 17.0 Å². The molecule has 138 valence electrons. The molecule has 1 aliphatic rings. The third-order valence-corrected chi connectivity index (χ3v) is 5.13. The molecule has 0 saturated heterocycles. The van der Waals surface area contributed by atoms with Gasteiger partial charge in [-0.15, -0.1) is 0 Å². The zero-order chi connectivity index (χ0) is 18.8. The van der Waals surface area contributed by atoms with E-state index < -0.39 is 0 Å². The van der Waals surface area contributed by atoms with Gasteiger partial charge in [-0.1, -0.05) is 60.7 Å². The van der Waals surface area contributed by atoms with Crippen molar-refractivity contribution in [3.05, 3.63) is 95.8 Å². The molecule has 1 N–H and O–H groups in total. The van der Waals surface area contributed by atoms with Crippen LogP contribution in [0.2, 0.25) is 0 Å². The maximum atomic E-state index is 4.86. The molecule has 0 saturated carbocycles. The summed E-state index contributed by atoms with van der Waals surface area (Å²) in [6, 6.07) is 27.2. The molecule has 0 bridgehead atoms. The van der Waals surface area contributed by atoms with Crippen molar-refractivity contribution in [1.82, 2.24) is 14.9 Å². The molecular formula is C24H22N4. The Morgan fingerprint density at radius 1 is 0.786 bits per heavy atom. The van der Waals surface area contributed by atoms with Gasteiger partial charge in [-0.2, -0.15) is 0 Å². The Morgan fingerprint density at radius 3 is 2.43 bits per heavy atom. The molecule has 28 heavy (non-hydrogen) atoms. The summed E-state index contributed by atoms with van der Waals surface area (Å²) >= 11 is 0. The number of H-pyrrole nitrogens is 1. The van der Waals surface area contributed by atoms with Crippen LogP contribution < -0.4 is 0 Å². The van der Waals surface area contributed by atoms with Crippen LogP contribution in [0.15, 0.2) is 83.9 Å². The molecule has 0 atom stereocenters. The molecule has 4 nitrogen and oxygen atoms in total. The third-order valence-electron chi connectivity index (χ3n) is 5.13. The molecule has 2 heterocycles. The lowest BCUT2D eigenvalue weighted by molar-refractivity contribution is 0.287. The molecule has 0 unspecified atom stereocenters. The van der Waals surface area contributed by atoms with Crippen LogP contribution in [0.5, 0.6) is 0 Å². The standard InChI is InChI=1S/C24H22N4/c1-2-8-18(9-3-1)15-28(16-20-14-19-10-4-5-11-21(19)25-20)17-24-26-22-12-6-7-13-23(22)27-24/h1-13H,14-17H2,(H,26,27). The van der Waals surface area contributed by atoms with E-state index in [0.29, 0.717) is 0 Å². The highest BCUT2D eigenvalue weighted by Gasteiger charge is 2.18. The van der Waals surface area contributed by atoms with Gasteiger partial charge in [0.1, 0.15) is 5.82 Å². The Balaban J connectivity index is 1.38. The average molecular weight is 366 g/mol. The molecule has 0 fully saturated rings. The highest BCUT2D eigenvalue weighted by atomic mass is 15.2. The van der Waals surface area contributed by atoms with Crippen molar-refractivity contribution in [2.75, 3.05) is 6.54 Å². The van der Waals surface area contributed by atoms with Gasteiger partial charge in [-0.3, -0.25) is 9.89 Å². The molecule has 0 radical (unpaired) electrons. The van der Waals surface area contributed by atoms with Gasteiger partial charge >= 0.3 is 0 Å². The van der Waals surface area contributed by atoms with Crippen molar-refractivity contribution in [3.8, 4) is 0 Å². The van der Waals surface area contributed by atoms with Gasteiger partial charge in [0.15, 0.2) is 0 Å². The first-order valence-corrected chi connectivity index (χ1v) is 9.68. The van der Waals surface area contributed by atoms with Crippen LogP contribution in [-0.4, -0.2) is 27.1 Å². The lowest BCUT2D eigenvalue weighted by Crippen LogP contribution is -2.29. The lowest BCUT2D eigenvalue weighted by Gasteiger charge is -2.21. The molecular weight excluding hydrogens is 344 g/mol. The van der Waals surface area contributed by atoms with E-state index in [-0.39, 0.29) is 0 Å². The summed E-state index contributed by atoms with van der Waals surface area (Å²) in [6.45, 7) is 2.47. The van der Waals surface area contributed by atoms with E-state index in [2.05, 4.69) is 76.6 Å². The van der Waals surface area contributed by atoms with Crippen LogP contribution in [0.4, 0.5) is 5.69 Å². The van der Waals surface area contributed by atoms with Gasteiger partial charge in [0.05, 0.1) is 23.3 Å². The van der Waals surface area contributed by atoms with Crippen molar-refractivity contribution >= 4 is 22.4 Å². The van der Waals surface area contributed by atoms with Crippen LogP contribution >= 0.6 is 0 Å². The first-order chi connectivity index (χ1) is 13.8. The number of fused-ring (bicyclic) bond motifs is 2. The van der Waals surface area contributed by atoms with E-state index in [4.69, 9.17) is 9.98 Å². The van der Waals surface area contributed by atoms with Crippen LogP contribution in [0.3, 0.4) is 0 Å². The Bertz CT molecular complexity index is 1090. The number of nitrogens with one attached hydrogen (secondary N) is 1. The molecule has 3 aromatic carbocycles. The second kappa shape index (κ2) is 7.41. The first-order valence-electron chi connectivity index (χ1n) is 9.68. The Kier molecular flexibility index (Phi) is 4.47. The van der Waals surface area contributed by atoms with Crippen molar-refractivity contribution < 1.29 is 0 Å². The SMILES string of the molecule is c1ccc(CN(CC2=Nc3ccccc3C2)Cc2nc3ccccc3[nH]2)cc1. The quantitative estimate of drug-likeness (QED) is 0.528. The lowest BCUT2D eigenvalue weighted by atomic mass is 10.1.